The lowest BCUT2D eigenvalue weighted by atomic mass is 10.2. The zero-order chi connectivity index (χ0) is 18.4. The van der Waals surface area contributed by atoms with Crippen molar-refractivity contribution in [2.75, 3.05) is 11.4 Å². The molecule has 7 heteroatoms. The van der Waals surface area contributed by atoms with Gasteiger partial charge < -0.3 is 10.2 Å². The smallest absolute Gasteiger partial charge is 0.223 e. The molecule has 0 aliphatic carbocycles. The van der Waals surface area contributed by atoms with Crippen molar-refractivity contribution in [3.63, 3.8) is 0 Å². The zero-order valence-electron chi connectivity index (χ0n) is 13.6. The molecule has 2 aromatic carbocycles. The van der Waals surface area contributed by atoms with Gasteiger partial charge >= 0.3 is 0 Å². The molecule has 0 heterocycles. The lowest BCUT2D eigenvalue weighted by Gasteiger charge is -2.21. The second-order valence-corrected chi connectivity index (χ2v) is 5.86. The summed E-state index contributed by atoms with van der Waals surface area (Å²) < 4.78 is 26.4. The Morgan fingerprint density at radius 1 is 1.08 bits per heavy atom. The molecule has 25 heavy (non-hydrogen) atoms. The zero-order valence-corrected chi connectivity index (χ0v) is 14.3. The van der Waals surface area contributed by atoms with Crippen LogP contribution in [0.2, 0.25) is 5.02 Å². The minimum Gasteiger partial charge on any atom is -0.352 e. The first-order chi connectivity index (χ1) is 11.9. The highest BCUT2D eigenvalue weighted by Gasteiger charge is 2.15. The molecule has 2 rings (SSSR count). The molecule has 0 unspecified atom stereocenters. The van der Waals surface area contributed by atoms with Gasteiger partial charge in [-0.15, -0.1) is 0 Å². The predicted molar refractivity (Wildman–Crippen MR) is 92.3 cm³/mol. The molecule has 0 spiro atoms. The van der Waals surface area contributed by atoms with E-state index in [1.54, 1.807) is 24.3 Å². The monoisotopic (exact) mass is 366 g/mol. The lowest BCUT2D eigenvalue weighted by Crippen LogP contribution is -2.33. The summed E-state index contributed by atoms with van der Waals surface area (Å²) in [6.45, 7) is 1.70. The number of hydrogen-bond donors (Lipinski definition) is 1. The molecule has 2 aromatic rings. The number of nitrogens with one attached hydrogen (secondary N) is 1. The Hall–Kier alpha value is -2.47. The lowest BCUT2D eigenvalue weighted by molar-refractivity contribution is -0.121. The van der Waals surface area contributed by atoms with E-state index >= 15 is 0 Å². The van der Waals surface area contributed by atoms with Crippen molar-refractivity contribution in [1.29, 1.82) is 0 Å². The van der Waals surface area contributed by atoms with Crippen LogP contribution in [0.5, 0.6) is 0 Å². The fourth-order valence-electron chi connectivity index (χ4n) is 2.23. The van der Waals surface area contributed by atoms with Crippen LogP contribution < -0.4 is 10.2 Å². The third-order valence-electron chi connectivity index (χ3n) is 3.56. The minimum absolute atomic E-state index is 0.0339. The van der Waals surface area contributed by atoms with Crippen LogP contribution in [0.25, 0.3) is 0 Å². The van der Waals surface area contributed by atoms with Gasteiger partial charge in [-0.3, -0.25) is 9.59 Å². The topological polar surface area (TPSA) is 49.4 Å². The fourth-order valence-corrected chi connectivity index (χ4v) is 2.35. The number of amides is 2. The quantitative estimate of drug-likeness (QED) is 0.847. The standard InChI is InChI=1S/C18H17ClF2N2O2/c1-12(24)23(15-6-7-16(20)17(21)10-15)9-8-18(25)22-11-13-2-4-14(19)5-3-13/h2-7,10H,8-9,11H2,1H3,(H,22,25). The first-order valence-corrected chi connectivity index (χ1v) is 7.99. The van der Waals surface area contributed by atoms with Crippen molar-refractivity contribution in [2.24, 2.45) is 0 Å². The second-order valence-electron chi connectivity index (χ2n) is 5.42. The third-order valence-corrected chi connectivity index (χ3v) is 3.81. The number of nitrogens with zero attached hydrogens (tertiary/aromatic N) is 1. The maximum atomic E-state index is 13.3. The van der Waals surface area contributed by atoms with Crippen molar-refractivity contribution < 1.29 is 18.4 Å². The number of rotatable bonds is 6. The second kappa shape index (κ2) is 8.58. The van der Waals surface area contributed by atoms with E-state index in [4.69, 9.17) is 11.6 Å². The number of hydrogen-bond acceptors (Lipinski definition) is 2. The molecule has 0 fully saturated rings. The molecule has 0 atom stereocenters. The van der Waals surface area contributed by atoms with Crippen LogP contribution in [0.4, 0.5) is 14.5 Å². The van der Waals surface area contributed by atoms with Crippen molar-refractivity contribution in [2.45, 2.75) is 19.9 Å². The summed E-state index contributed by atoms with van der Waals surface area (Å²) >= 11 is 5.79. The van der Waals surface area contributed by atoms with Gasteiger partial charge in [0.2, 0.25) is 11.8 Å². The number of carbonyl (C=O) groups excluding carboxylic acids is 2. The summed E-state index contributed by atoms with van der Waals surface area (Å²) in [6.07, 6.45) is 0.0339. The third kappa shape index (κ3) is 5.53. The molecule has 0 saturated heterocycles. The molecule has 132 valence electrons. The van der Waals surface area contributed by atoms with Crippen molar-refractivity contribution >= 4 is 29.1 Å². The van der Waals surface area contributed by atoms with Crippen LogP contribution in [0.3, 0.4) is 0 Å². The highest BCUT2D eigenvalue weighted by atomic mass is 35.5. The first-order valence-electron chi connectivity index (χ1n) is 7.61. The average Bonchev–Trinajstić information content (AvgIpc) is 2.57. The summed E-state index contributed by atoms with van der Waals surface area (Å²) in [5.74, 6) is -2.66. The van der Waals surface area contributed by atoms with E-state index in [0.717, 1.165) is 17.7 Å². The van der Waals surface area contributed by atoms with Crippen molar-refractivity contribution in [1.82, 2.24) is 5.32 Å². The Bertz CT molecular complexity index is 766. The molecule has 0 aliphatic heterocycles. The number of benzene rings is 2. The van der Waals surface area contributed by atoms with E-state index in [9.17, 15) is 18.4 Å². The van der Waals surface area contributed by atoms with Gasteiger partial charge in [-0.1, -0.05) is 23.7 Å². The van der Waals surface area contributed by atoms with Gasteiger partial charge in [-0.2, -0.15) is 0 Å². The van der Waals surface area contributed by atoms with Gasteiger partial charge in [-0.25, -0.2) is 8.78 Å². The SMILES string of the molecule is CC(=O)N(CCC(=O)NCc1ccc(Cl)cc1)c1ccc(F)c(F)c1. The maximum Gasteiger partial charge on any atom is 0.223 e. The van der Waals surface area contributed by atoms with Gasteiger partial charge in [0.05, 0.1) is 0 Å². The fraction of sp³-hybridized carbons (Fsp3) is 0.222. The van der Waals surface area contributed by atoms with Crippen LogP contribution in [0, 0.1) is 11.6 Å². The predicted octanol–water partition coefficient (Wildman–Crippen LogP) is 3.68. The molecule has 0 bridgehead atoms. The van der Waals surface area contributed by atoms with Gasteiger partial charge in [0.25, 0.3) is 0 Å². The van der Waals surface area contributed by atoms with Crippen molar-refractivity contribution in [3.8, 4) is 0 Å². The van der Waals surface area contributed by atoms with Gasteiger partial charge in [0, 0.05) is 43.2 Å². The Labute approximate surface area is 149 Å². The average molecular weight is 367 g/mol. The summed E-state index contributed by atoms with van der Waals surface area (Å²) in [5, 5.41) is 3.34. The maximum absolute atomic E-state index is 13.3. The Morgan fingerprint density at radius 3 is 2.36 bits per heavy atom. The number of halogens is 3. The van der Waals surface area contributed by atoms with Crippen LogP contribution in [0.1, 0.15) is 18.9 Å². The van der Waals surface area contributed by atoms with E-state index in [0.29, 0.717) is 11.6 Å². The van der Waals surface area contributed by atoms with E-state index < -0.39 is 11.6 Å². The largest absolute Gasteiger partial charge is 0.352 e. The van der Waals surface area contributed by atoms with Crippen LogP contribution >= 0.6 is 11.6 Å². The Morgan fingerprint density at radius 2 is 1.76 bits per heavy atom. The summed E-state index contributed by atoms with van der Waals surface area (Å²) in [4.78, 5) is 24.9. The highest BCUT2D eigenvalue weighted by Crippen LogP contribution is 2.18. The Kier molecular flexibility index (Phi) is 6.47. The molecule has 0 aromatic heterocycles. The summed E-state index contributed by atoms with van der Waals surface area (Å²) in [7, 11) is 0. The minimum atomic E-state index is -1.05. The van der Waals surface area contributed by atoms with Crippen LogP contribution in [0.15, 0.2) is 42.5 Å². The van der Waals surface area contributed by atoms with Gasteiger partial charge in [0.15, 0.2) is 11.6 Å². The van der Waals surface area contributed by atoms with E-state index in [-0.39, 0.29) is 30.5 Å². The van der Waals surface area contributed by atoms with E-state index in [1.807, 2.05) is 0 Å². The molecule has 1 N–H and O–H groups in total. The molecular weight excluding hydrogens is 350 g/mol. The molecule has 4 nitrogen and oxygen atoms in total. The molecular formula is C18H17ClF2N2O2. The van der Waals surface area contributed by atoms with E-state index in [1.165, 1.54) is 17.9 Å². The number of anilines is 1. The molecule has 0 saturated carbocycles. The normalized spacial score (nSPS) is 10.4. The van der Waals surface area contributed by atoms with E-state index in [2.05, 4.69) is 5.32 Å². The summed E-state index contributed by atoms with van der Waals surface area (Å²) in [5.41, 5.74) is 1.10. The summed E-state index contributed by atoms with van der Waals surface area (Å²) in [6, 6.07) is 10.2. The molecule has 0 aliphatic rings. The molecule has 0 radical (unpaired) electrons. The highest BCUT2D eigenvalue weighted by molar-refractivity contribution is 6.30. The van der Waals surface area contributed by atoms with Gasteiger partial charge in [0.1, 0.15) is 0 Å². The molecule has 2 amide bonds. The number of carbonyl (C=O) groups is 2. The first kappa shape index (κ1) is 18.9. The van der Waals surface area contributed by atoms with Crippen LogP contribution in [-0.4, -0.2) is 18.4 Å². The Balaban J connectivity index is 1.91. The van der Waals surface area contributed by atoms with Crippen LogP contribution in [-0.2, 0) is 16.1 Å². The van der Waals surface area contributed by atoms with Crippen molar-refractivity contribution in [3.05, 3.63) is 64.7 Å². The van der Waals surface area contributed by atoms with Gasteiger partial charge in [-0.05, 0) is 29.8 Å².